The summed E-state index contributed by atoms with van der Waals surface area (Å²) in [5, 5.41) is 2.95. The predicted molar refractivity (Wildman–Crippen MR) is 115 cm³/mol. The third-order valence-electron chi connectivity index (χ3n) is 5.22. The first-order valence-corrected chi connectivity index (χ1v) is 11.2. The van der Waals surface area contributed by atoms with Gasteiger partial charge in [0, 0.05) is 0 Å². The van der Waals surface area contributed by atoms with Crippen molar-refractivity contribution in [3.8, 4) is 0 Å². The van der Waals surface area contributed by atoms with Crippen molar-refractivity contribution in [3.05, 3.63) is 64.2 Å². The van der Waals surface area contributed by atoms with Gasteiger partial charge in [0.15, 0.2) is 0 Å². The van der Waals surface area contributed by atoms with Gasteiger partial charge in [0.2, 0.25) is 15.9 Å². The van der Waals surface area contributed by atoms with Crippen molar-refractivity contribution < 1.29 is 13.2 Å². The summed E-state index contributed by atoms with van der Waals surface area (Å²) in [4.78, 5) is 12.9. The van der Waals surface area contributed by atoms with E-state index in [1.807, 2.05) is 58.9 Å². The molecule has 0 unspecified atom stereocenters. The lowest BCUT2D eigenvalue weighted by Gasteiger charge is -2.29. The van der Waals surface area contributed by atoms with Gasteiger partial charge in [-0.1, -0.05) is 24.3 Å². The molecular weight excluding hydrogens is 372 g/mol. The topological polar surface area (TPSA) is 66.5 Å². The van der Waals surface area contributed by atoms with Gasteiger partial charge in [-0.2, -0.15) is 0 Å². The molecule has 0 heterocycles. The van der Waals surface area contributed by atoms with Gasteiger partial charge in [-0.15, -0.1) is 0 Å². The van der Waals surface area contributed by atoms with E-state index in [9.17, 15) is 13.2 Å². The molecular formula is C22H30N2O3S. The van der Waals surface area contributed by atoms with Crippen molar-refractivity contribution in [2.75, 3.05) is 10.6 Å². The third-order valence-corrected chi connectivity index (χ3v) is 6.46. The molecule has 1 amide bonds. The minimum Gasteiger partial charge on any atom is -0.348 e. The van der Waals surface area contributed by atoms with Gasteiger partial charge in [0.1, 0.15) is 6.04 Å². The van der Waals surface area contributed by atoms with E-state index in [0.717, 1.165) is 28.5 Å². The number of hydrogen-bond acceptors (Lipinski definition) is 3. The molecule has 0 aliphatic heterocycles. The first-order chi connectivity index (χ1) is 12.9. The zero-order chi connectivity index (χ0) is 21.2. The summed E-state index contributed by atoms with van der Waals surface area (Å²) in [6, 6.07) is 10.4. The predicted octanol–water partition coefficient (Wildman–Crippen LogP) is 3.95. The second-order valence-electron chi connectivity index (χ2n) is 7.58. The Morgan fingerprint density at radius 1 is 0.893 bits per heavy atom. The van der Waals surface area contributed by atoms with Gasteiger partial charge in [-0.25, -0.2) is 8.42 Å². The summed E-state index contributed by atoms with van der Waals surface area (Å²) in [6.07, 6.45) is 1.12. The summed E-state index contributed by atoms with van der Waals surface area (Å²) >= 11 is 0. The molecule has 152 valence electrons. The van der Waals surface area contributed by atoms with Gasteiger partial charge >= 0.3 is 0 Å². The second-order valence-corrected chi connectivity index (χ2v) is 9.44. The van der Waals surface area contributed by atoms with Crippen molar-refractivity contribution in [2.24, 2.45) is 0 Å². The van der Waals surface area contributed by atoms with Crippen LogP contribution in [0.4, 0.5) is 5.69 Å². The average Bonchev–Trinajstić information content (AvgIpc) is 2.59. The number of amides is 1. The number of carbonyl (C=O) groups is 1. The van der Waals surface area contributed by atoms with E-state index in [1.165, 1.54) is 9.87 Å². The summed E-state index contributed by atoms with van der Waals surface area (Å²) in [5.74, 6) is -0.339. The van der Waals surface area contributed by atoms with Crippen molar-refractivity contribution in [1.82, 2.24) is 5.32 Å². The zero-order valence-electron chi connectivity index (χ0n) is 17.7. The lowest BCUT2D eigenvalue weighted by atomic mass is 10.0. The van der Waals surface area contributed by atoms with Gasteiger partial charge < -0.3 is 5.32 Å². The second kappa shape index (κ2) is 8.35. The number of sulfonamides is 1. The molecule has 0 aliphatic rings. The molecule has 0 saturated carbocycles. The Morgan fingerprint density at radius 3 is 1.93 bits per heavy atom. The van der Waals surface area contributed by atoms with E-state index >= 15 is 0 Å². The number of anilines is 1. The van der Waals surface area contributed by atoms with Gasteiger partial charge in [0.05, 0.1) is 18.0 Å². The molecule has 0 spiro atoms. The lowest BCUT2D eigenvalue weighted by molar-refractivity contribution is -0.122. The number of nitrogens with one attached hydrogen (secondary N) is 1. The first-order valence-electron chi connectivity index (χ1n) is 9.36. The lowest BCUT2D eigenvalue weighted by Crippen LogP contribution is -2.48. The van der Waals surface area contributed by atoms with E-state index < -0.39 is 16.1 Å². The van der Waals surface area contributed by atoms with Gasteiger partial charge in [-0.05, 0) is 81.5 Å². The van der Waals surface area contributed by atoms with E-state index in [0.29, 0.717) is 5.69 Å². The van der Waals surface area contributed by atoms with Crippen molar-refractivity contribution >= 4 is 21.6 Å². The number of nitrogens with zero attached hydrogens (tertiary/aromatic N) is 1. The van der Waals surface area contributed by atoms with Crippen LogP contribution in [0.25, 0.3) is 0 Å². The molecule has 2 atom stereocenters. The Kier molecular flexibility index (Phi) is 6.55. The van der Waals surface area contributed by atoms with Gasteiger partial charge in [-0.3, -0.25) is 9.10 Å². The highest BCUT2D eigenvalue weighted by atomic mass is 32.2. The Labute approximate surface area is 168 Å². The summed E-state index contributed by atoms with van der Waals surface area (Å²) in [7, 11) is -3.63. The molecule has 0 fully saturated rings. The van der Waals surface area contributed by atoms with E-state index in [4.69, 9.17) is 0 Å². The maximum Gasteiger partial charge on any atom is 0.244 e. The molecule has 0 saturated heterocycles. The number of benzene rings is 2. The van der Waals surface area contributed by atoms with Crippen molar-refractivity contribution in [1.29, 1.82) is 0 Å². The largest absolute Gasteiger partial charge is 0.348 e. The molecule has 0 aliphatic carbocycles. The number of hydrogen-bond donors (Lipinski definition) is 1. The fourth-order valence-corrected chi connectivity index (χ4v) is 4.29. The highest BCUT2D eigenvalue weighted by molar-refractivity contribution is 7.92. The van der Waals surface area contributed by atoms with Crippen LogP contribution in [0.5, 0.6) is 0 Å². The van der Waals surface area contributed by atoms with Crippen molar-refractivity contribution in [3.63, 3.8) is 0 Å². The Bertz CT molecular complexity index is 983. The average molecular weight is 403 g/mol. The van der Waals surface area contributed by atoms with Crippen LogP contribution in [0, 0.1) is 27.7 Å². The van der Waals surface area contributed by atoms with Crippen LogP contribution >= 0.6 is 0 Å². The molecule has 0 bridgehead atoms. The Balaban J connectivity index is 2.28. The standard InChI is InChI=1S/C22H30N2O3S/c1-14-8-10-20(12-16(14)3)18(5)23-22(25)19(6)24(28(7,26)27)21-11-9-15(2)17(4)13-21/h8-13,18-19H,1-7H3,(H,23,25)/t18-,19+/m1/s1. The summed E-state index contributed by atoms with van der Waals surface area (Å²) < 4.78 is 26.1. The van der Waals surface area contributed by atoms with Crippen LogP contribution in [0.3, 0.4) is 0 Å². The maximum absolute atomic E-state index is 12.9. The summed E-state index contributed by atoms with van der Waals surface area (Å²) in [6.45, 7) is 11.5. The fourth-order valence-electron chi connectivity index (χ4n) is 3.12. The Hall–Kier alpha value is -2.34. The number of aryl methyl sites for hydroxylation is 4. The zero-order valence-corrected chi connectivity index (χ0v) is 18.5. The number of carbonyl (C=O) groups excluding carboxylic acids is 1. The molecule has 2 rings (SSSR count). The SMILES string of the molecule is Cc1ccc([C@@H](C)NC(=O)[C@H](C)N(c2ccc(C)c(C)c2)S(C)(=O)=O)cc1C. The van der Waals surface area contributed by atoms with Crippen LogP contribution < -0.4 is 9.62 Å². The minimum absolute atomic E-state index is 0.226. The molecule has 0 aromatic heterocycles. The number of rotatable bonds is 6. The molecule has 5 nitrogen and oxygen atoms in total. The normalized spacial score (nSPS) is 13.7. The Morgan fingerprint density at radius 2 is 1.43 bits per heavy atom. The maximum atomic E-state index is 12.9. The van der Waals surface area contributed by atoms with Crippen LogP contribution in [0.1, 0.15) is 47.7 Å². The van der Waals surface area contributed by atoms with Crippen LogP contribution in [-0.4, -0.2) is 26.6 Å². The van der Waals surface area contributed by atoms with E-state index in [2.05, 4.69) is 5.32 Å². The quantitative estimate of drug-likeness (QED) is 0.795. The fraction of sp³-hybridized carbons (Fsp3) is 0.409. The minimum atomic E-state index is -3.63. The van der Waals surface area contributed by atoms with E-state index in [1.54, 1.807) is 19.1 Å². The molecule has 28 heavy (non-hydrogen) atoms. The van der Waals surface area contributed by atoms with Crippen LogP contribution in [0.2, 0.25) is 0 Å². The van der Waals surface area contributed by atoms with E-state index in [-0.39, 0.29) is 11.9 Å². The summed E-state index contributed by atoms with van der Waals surface area (Å²) in [5.41, 5.74) is 5.86. The molecule has 0 radical (unpaired) electrons. The highest BCUT2D eigenvalue weighted by Crippen LogP contribution is 2.24. The molecule has 2 aromatic carbocycles. The molecule has 2 aromatic rings. The third kappa shape index (κ3) is 4.93. The van der Waals surface area contributed by atoms with Crippen LogP contribution in [0.15, 0.2) is 36.4 Å². The van der Waals surface area contributed by atoms with Crippen LogP contribution in [-0.2, 0) is 14.8 Å². The first kappa shape index (κ1) is 22.0. The van der Waals surface area contributed by atoms with Gasteiger partial charge in [0.25, 0.3) is 0 Å². The highest BCUT2D eigenvalue weighted by Gasteiger charge is 2.30. The molecule has 1 N–H and O–H groups in total. The smallest absolute Gasteiger partial charge is 0.244 e. The monoisotopic (exact) mass is 402 g/mol. The van der Waals surface area contributed by atoms with Crippen molar-refractivity contribution in [2.45, 2.75) is 53.6 Å². The molecule has 6 heteroatoms.